The van der Waals surface area contributed by atoms with Gasteiger partial charge in [-0.1, -0.05) is 18.2 Å². The second-order valence-corrected chi connectivity index (χ2v) is 8.20. The van der Waals surface area contributed by atoms with Crippen molar-refractivity contribution in [2.24, 2.45) is 4.99 Å². The lowest BCUT2D eigenvalue weighted by Gasteiger charge is -2.07. The van der Waals surface area contributed by atoms with Gasteiger partial charge in [0.25, 0.3) is 10.0 Å². The van der Waals surface area contributed by atoms with Gasteiger partial charge in [0.2, 0.25) is 5.91 Å². The molecule has 0 aromatic heterocycles. The van der Waals surface area contributed by atoms with Crippen LogP contribution in [-0.2, 0) is 14.8 Å². The molecule has 2 N–H and O–H groups in total. The Morgan fingerprint density at radius 2 is 1.75 bits per heavy atom. The average Bonchev–Trinajstić information content (AvgIpc) is 2.86. The maximum absolute atomic E-state index is 13.1. The molecular weight excluding hydrogens is 381 g/mol. The van der Waals surface area contributed by atoms with Gasteiger partial charge < -0.3 is 5.32 Å². The van der Waals surface area contributed by atoms with E-state index in [1.165, 1.54) is 24.3 Å². The third kappa shape index (κ3) is 4.12. The van der Waals surface area contributed by atoms with Crippen LogP contribution in [0.4, 0.5) is 10.1 Å². The van der Waals surface area contributed by atoms with E-state index in [0.29, 0.717) is 16.8 Å². The van der Waals surface area contributed by atoms with Crippen LogP contribution in [0.15, 0.2) is 53.0 Å². The number of benzene rings is 2. The summed E-state index contributed by atoms with van der Waals surface area (Å²) in [6.45, 7) is 5.28. The van der Waals surface area contributed by atoms with Crippen LogP contribution < -0.4 is 10.0 Å². The Labute approximate surface area is 163 Å². The molecule has 0 aliphatic carbocycles. The van der Waals surface area contributed by atoms with Gasteiger partial charge >= 0.3 is 0 Å². The molecule has 2 aromatic carbocycles. The van der Waals surface area contributed by atoms with E-state index in [-0.39, 0.29) is 23.2 Å². The van der Waals surface area contributed by atoms with Crippen LogP contribution in [0.3, 0.4) is 0 Å². The van der Waals surface area contributed by atoms with E-state index in [9.17, 15) is 17.6 Å². The lowest BCUT2D eigenvalue weighted by atomic mass is 10.1. The minimum Gasteiger partial charge on any atom is -0.324 e. The van der Waals surface area contributed by atoms with Crippen molar-refractivity contribution in [3.05, 3.63) is 70.5 Å². The highest BCUT2D eigenvalue weighted by atomic mass is 32.2. The molecule has 1 aliphatic rings. The summed E-state index contributed by atoms with van der Waals surface area (Å²) in [5.41, 5.74) is 3.56. The van der Waals surface area contributed by atoms with Crippen molar-refractivity contribution in [2.75, 3.05) is 11.9 Å². The molecule has 1 aliphatic heterocycles. The van der Waals surface area contributed by atoms with Crippen molar-refractivity contribution in [3.8, 4) is 0 Å². The number of halogens is 1. The van der Waals surface area contributed by atoms with Gasteiger partial charge in [0.05, 0.1) is 0 Å². The van der Waals surface area contributed by atoms with E-state index in [1.54, 1.807) is 13.0 Å². The van der Waals surface area contributed by atoms with E-state index in [0.717, 1.165) is 11.1 Å². The summed E-state index contributed by atoms with van der Waals surface area (Å²) in [7, 11) is -3.82. The fourth-order valence-electron chi connectivity index (χ4n) is 2.86. The molecule has 3 rings (SSSR count). The Hall–Kier alpha value is -3.00. The summed E-state index contributed by atoms with van der Waals surface area (Å²) >= 11 is 0. The van der Waals surface area contributed by atoms with Gasteiger partial charge in [0.15, 0.2) is 0 Å². The number of amidine groups is 1. The molecule has 0 saturated heterocycles. The van der Waals surface area contributed by atoms with Gasteiger partial charge in [-0.25, -0.2) is 12.8 Å². The maximum Gasteiger partial charge on any atom is 0.264 e. The highest BCUT2D eigenvalue weighted by Gasteiger charge is 2.32. The molecule has 2 aromatic rings. The molecule has 146 valence electrons. The Bertz CT molecular complexity index is 1100. The maximum atomic E-state index is 13.1. The van der Waals surface area contributed by atoms with Crippen LogP contribution in [0, 0.1) is 19.7 Å². The SMILES string of the molecule is CC1=C(c2ccc(F)cc2)S(=O)(=O)NC1=NCC(=O)Nc1ccc(C)c(C)c1. The van der Waals surface area contributed by atoms with Gasteiger partial charge in [-0.15, -0.1) is 0 Å². The largest absolute Gasteiger partial charge is 0.324 e. The number of sulfonamides is 1. The summed E-state index contributed by atoms with van der Waals surface area (Å²) in [5, 5.41) is 2.74. The van der Waals surface area contributed by atoms with Crippen molar-refractivity contribution >= 4 is 32.4 Å². The smallest absolute Gasteiger partial charge is 0.264 e. The second-order valence-electron chi connectivity index (χ2n) is 6.58. The zero-order valence-corrected chi connectivity index (χ0v) is 16.5. The highest BCUT2D eigenvalue weighted by molar-refractivity contribution is 8.00. The lowest BCUT2D eigenvalue weighted by molar-refractivity contribution is -0.114. The second kappa shape index (κ2) is 7.55. The van der Waals surface area contributed by atoms with Crippen molar-refractivity contribution < 1.29 is 17.6 Å². The quantitative estimate of drug-likeness (QED) is 0.825. The first-order valence-electron chi connectivity index (χ1n) is 8.59. The van der Waals surface area contributed by atoms with Crippen molar-refractivity contribution in [3.63, 3.8) is 0 Å². The Kier molecular flexibility index (Phi) is 5.33. The summed E-state index contributed by atoms with van der Waals surface area (Å²) in [6, 6.07) is 10.7. The lowest BCUT2D eigenvalue weighted by Crippen LogP contribution is -2.25. The molecule has 0 spiro atoms. The van der Waals surface area contributed by atoms with E-state index in [2.05, 4.69) is 15.0 Å². The molecule has 28 heavy (non-hydrogen) atoms. The number of nitrogens with zero attached hydrogens (tertiary/aromatic N) is 1. The summed E-state index contributed by atoms with van der Waals surface area (Å²) < 4.78 is 40.3. The van der Waals surface area contributed by atoms with Crippen LogP contribution in [0.2, 0.25) is 0 Å². The van der Waals surface area contributed by atoms with Gasteiger partial charge in [0.1, 0.15) is 23.1 Å². The van der Waals surface area contributed by atoms with Gasteiger partial charge in [-0.2, -0.15) is 0 Å². The van der Waals surface area contributed by atoms with Crippen molar-refractivity contribution in [2.45, 2.75) is 20.8 Å². The molecule has 6 nitrogen and oxygen atoms in total. The number of amides is 1. The molecule has 1 amide bonds. The van der Waals surface area contributed by atoms with E-state index in [4.69, 9.17) is 0 Å². The molecule has 8 heteroatoms. The first-order chi connectivity index (χ1) is 13.2. The normalized spacial score (nSPS) is 16.9. The molecule has 0 fully saturated rings. The van der Waals surface area contributed by atoms with E-state index in [1.807, 2.05) is 26.0 Å². The Morgan fingerprint density at radius 3 is 2.39 bits per heavy atom. The third-order valence-electron chi connectivity index (χ3n) is 4.47. The first kappa shape index (κ1) is 19.8. The summed E-state index contributed by atoms with van der Waals surface area (Å²) in [4.78, 5) is 16.3. The zero-order chi connectivity index (χ0) is 20.5. The standard InChI is InChI=1S/C20H20FN3O3S/c1-12-4-9-17(10-13(12)2)23-18(25)11-22-20-14(3)19(28(26,27)24-20)15-5-7-16(21)8-6-15/h4-10H,11H2,1-3H3,(H,22,24)(H,23,25). The fraction of sp³-hybridized carbons (Fsp3) is 0.200. The Morgan fingerprint density at radius 1 is 1.07 bits per heavy atom. The van der Waals surface area contributed by atoms with Crippen LogP contribution in [-0.4, -0.2) is 26.7 Å². The predicted molar refractivity (Wildman–Crippen MR) is 108 cm³/mol. The van der Waals surface area contributed by atoms with E-state index >= 15 is 0 Å². The molecule has 0 bridgehead atoms. The van der Waals surface area contributed by atoms with Crippen molar-refractivity contribution in [1.82, 2.24) is 4.72 Å². The first-order valence-corrected chi connectivity index (χ1v) is 10.1. The topological polar surface area (TPSA) is 87.6 Å². The zero-order valence-electron chi connectivity index (χ0n) is 15.7. The molecule has 0 unspecified atom stereocenters. The number of aliphatic imine (C=N–C) groups is 1. The Balaban J connectivity index is 1.79. The summed E-state index contributed by atoms with van der Waals surface area (Å²) in [5.74, 6) is -0.713. The van der Waals surface area contributed by atoms with Crippen LogP contribution in [0.1, 0.15) is 23.6 Å². The molecule has 0 saturated carbocycles. The predicted octanol–water partition coefficient (Wildman–Crippen LogP) is 3.14. The number of aryl methyl sites for hydroxylation is 2. The summed E-state index contributed by atoms with van der Waals surface area (Å²) in [6.07, 6.45) is 0. The van der Waals surface area contributed by atoms with Crippen molar-refractivity contribution in [1.29, 1.82) is 0 Å². The molecule has 1 heterocycles. The average molecular weight is 401 g/mol. The number of carbonyl (C=O) groups is 1. The molecule has 0 radical (unpaired) electrons. The fourth-order valence-corrected chi connectivity index (χ4v) is 4.38. The minimum atomic E-state index is -3.82. The number of anilines is 1. The molecule has 0 atom stereocenters. The monoisotopic (exact) mass is 401 g/mol. The van der Waals surface area contributed by atoms with E-state index < -0.39 is 15.8 Å². The van der Waals surface area contributed by atoms with Gasteiger partial charge in [-0.3, -0.25) is 14.5 Å². The minimum absolute atomic E-state index is 0.0285. The number of nitrogens with one attached hydrogen (secondary N) is 2. The highest BCUT2D eigenvalue weighted by Crippen LogP contribution is 2.29. The van der Waals surface area contributed by atoms with Crippen LogP contribution in [0.25, 0.3) is 4.91 Å². The van der Waals surface area contributed by atoms with Crippen LogP contribution in [0.5, 0.6) is 0 Å². The van der Waals surface area contributed by atoms with Crippen LogP contribution >= 0.6 is 0 Å². The third-order valence-corrected chi connectivity index (χ3v) is 6.01. The number of rotatable bonds is 4. The van der Waals surface area contributed by atoms with Gasteiger partial charge in [-0.05, 0) is 61.7 Å². The number of carbonyl (C=O) groups excluding carboxylic acids is 1. The van der Waals surface area contributed by atoms with Gasteiger partial charge in [0, 0.05) is 11.3 Å². The number of hydrogen-bond donors (Lipinski definition) is 2. The molecular formula is C20H20FN3O3S. The number of hydrogen-bond acceptors (Lipinski definition) is 4.